The predicted octanol–water partition coefficient (Wildman–Crippen LogP) is 3.82. The summed E-state index contributed by atoms with van der Waals surface area (Å²) in [4.78, 5) is 38.3. The Morgan fingerprint density at radius 2 is 1.91 bits per heavy atom. The van der Waals surface area contributed by atoms with Crippen molar-refractivity contribution in [1.82, 2.24) is 5.32 Å². The molecule has 0 atom stereocenters. The maximum atomic E-state index is 12.8. The van der Waals surface area contributed by atoms with Gasteiger partial charge in [-0.05, 0) is 49.4 Å². The number of benzene rings is 1. The van der Waals surface area contributed by atoms with Gasteiger partial charge in [-0.2, -0.15) is 13.2 Å². The number of methoxy groups -OCH3 is 1. The molecule has 2 amide bonds. The van der Waals surface area contributed by atoms with Gasteiger partial charge in [0, 0.05) is 18.5 Å². The third-order valence-corrected chi connectivity index (χ3v) is 6.21. The molecule has 2 N–H and O–H groups in total. The number of rotatable bonds is 8. The van der Waals surface area contributed by atoms with E-state index in [1.165, 1.54) is 24.5 Å². The van der Waals surface area contributed by atoms with Gasteiger partial charge in [-0.1, -0.05) is 6.07 Å². The van der Waals surface area contributed by atoms with Crippen molar-refractivity contribution in [1.29, 1.82) is 0 Å². The average Bonchev–Trinajstić information content (AvgIpc) is 3.14. The lowest BCUT2D eigenvalue weighted by molar-refractivity contribution is -0.137. The Morgan fingerprint density at radius 3 is 2.64 bits per heavy atom. The van der Waals surface area contributed by atoms with Crippen molar-refractivity contribution < 1.29 is 37.0 Å². The molecule has 1 aromatic carbocycles. The number of anilines is 1. The van der Waals surface area contributed by atoms with Gasteiger partial charge >= 0.3 is 12.1 Å². The molecule has 11 heteroatoms. The molecule has 2 aromatic rings. The summed E-state index contributed by atoms with van der Waals surface area (Å²) in [5.74, 6) is -2.08. The minimum absolute atomic E-state index is 0.307. The van der Waals surface area contributed by atoms with Crippen LogP contribution in [0, 0.1) is 0 Å². The summed E-state index contributed by atoms with van der Waals surface area (Å²) in [6, 6.07) is 3.76. The quantitative estimate of drug-likeness (QED) is 0.439. The molecule has 3 rings (SSSR count). The van der Waals surface area contributed by atoms with E-state index in [2.05, 4.69) is 10.6 Å². The van der Waals surface area contributed by atoms with Crippen LogP contribution in [0.3, 0.4) is 0 Å². The van der Waals surface area contributed by atoms with Crippen molar-refractivity contribution >= 4 is 34.1 Å². The number of alkyl halides is 3. The zero-order chi connectivity index (χ0) is 24.0. The maximum absolute atomic E-state index is 12.8. The molecule has 1 aromatic heterocycles. The molecule has 0 radical (unpaired) electrons. The normalized spacial score (nSPS) is 13.2. The Morgan fingerprint density at radius 1 is 1.15 bits per heavy atom. The van der Waals surface area contributed by atoms with Crippen molar-refractivity contribution in [3.8, 4) is 0 Å². The molecule has 0 aliphatic heterocycles. The number of hydrogen-bond donors (Lipinski definition) is 2. The molecule has 0 bridgehead atoms. The van der Waals surface area contributed by atoms with E-state index in [0.29, 0.717) is 29.8 Å². The topological polar surface area (TPSA) is 93.7 Å². The SMILES string of the molecule is COCCNC(=O)c1c(NC(=O)COC(=O)c2cccc(C(F)(F)F)c2)sc2c1CCCC2. The summed E-state index contributed by atoms with van der Waals surface area (Å²) < 4.78 is 48.3. The molecule has 0 fully saturated rings. The van der Waals surface area contributed by atoms with Gasteiger partial charge < -0.3 is 20.1 Å². The van der Waals surface area contributed by atoms with Crippen molar-refractivity contribution in [3.05, 3.63) is 51.4 Å². The molecule has 0 saturated carbocycles. The largest absolute Gasteiger partial charge is 0.452 e. The van der Waals surface area contributed by atoms with E-state index in [1.807, 2.05) is 0 Å². The summed E-state index contributed by atoms with van der Waals surface area (Å²) in [6.45, 7) is -0.0599. The van der Waals surface area contributed by atoms with Gasteiger partial charge in [-0.25, -0.2) is 4.79 Å². The van der Waals surface area contributed by atoms with Crippen LogP contribution in [0.15, 0.2) is 24.3 Å². The number of fused-ring (bicyclic) bond motifs is 1. The molecule has 1 aliphatic carbocycles. The molecule has 1 aliphatic rings. The summed E-state index contributed by atoms with van der Waals surface area (Å²) in [5, 5.41) is 5.72. The summed E-state index contributed by atoms with van der Waals surface area (Å²) in [7, 11) is 1.52. The molecule has 178 valence electrons. The number of thiophene rings is 1. The third-order valence-electron chi connectivity index (χ3n) is 5.00. The lowest BCUT2D eigenvalue weighted by atomic mass is 9.95. The fraction of sp³-hybridized carbons (Fsp3) is 0.409. The van der Waals surface area contributed by atoms with Crippen LogP contribution in [0.1, 0.15) is 49.6 Å². The number of carbonyl (C=O) groups is 3. The van der Waals surface area contributed by atoms with E-state index in [9.17, 15) is 27.6 Å². The summed E-state index contributed by atoms with van der Waals surface area (Å²) >= 11 is 1.30. The highest BCUT2D eigenvalue weighted by Gasteiger charge is 2.31. The molecule has 0 unspecified atom stereocenters. The van der Waals surface area contributed by atoms with Crippen molar-refractivity contribution in [2.75, 3.05) is 32.2 Å². The maximum Gasteiger partial charge on any atom is 0.416 e. The fourth-order valence-corrected chi connectivity index (χ4v) is 4.75. The number of carbonyl (C=O) groups excluding carboxylic acids is 3. The second-order valence-electron chi connectivity index (χ2n) is 7.37. The molecule has 0 saturated heterocycles. The highest BCUT2D eigenvalue weighted by atomic mass is 32.1. The van der Waals surface area contributed by atoms with E-state index >= 15 is 0 Å². The van der Waals surface area contributed by atoms with E-state index in [0.717, 1.165) is 48.3 Å². The second-order valence-corrected chi connectivity index (χ2v) is 8.47. The first-order chi connectivity index (χ1) is 15.7. The molecular formula is C22H23F3N2O5S. The fourth-order valence-electron chi connectivity index (χ4n) is 3.45. The molecule has 0 spiro atoms. The van der Waals surface area contributed by atoms with Crippen LogP contribution < -0.4 is 10.6 Å². The zero-order valence-electron chi connectivity index (χ0n) is 17.8. The molecule has 33 heavy (non-hydrogen) atoms. The van der Waals surface area contributed by atoms with Crippen LogP contribution in [-0.4, -0.2) is 44.7 Å². The third kappa shape index (κ3) is 6.32. The van der Waals surface area contributed by atoms with Gasteiger partial charge in [0.2, 0.25) is 0 Å². The minimum Gasteiger partial charge on any atom is -0.452 e. The van der Waals surface area contributed by atoms with Gasteiger partial charge in [0.25, 0.3) is 11.8 Å². The van der Waals surface area contributed by atoms with E-state index in [4.69, 9.17) is 9.47 Å². The first-order valence-electron chi connectivity index (χ1n) is 10.3. The zero-order valence-corrected chi connectivity index (χ0v) is 18.7. The predicted molar refractivity (Wildman–Crippen MR) is 116 cm³/mol. The van der Waals surface area contributed by atoms with Crippen LogP contribution in [0.4, 0.5) is 18.2 Å². The first-order valence-corrected chi connectivity index (χ1v) is 11.1. The van der Waals surface area contributed by atoms with Crippen molar-refractivity contribution in [2.45, 2.75) is 31.9 Å². The minimum atomic E-state index is -4.60. The molecule has 1 heterocycles. The Bertz CT molecular complexity index is 1040. The van der Waals surface area contributed by atoms with Crippen LogP contribution >= 0.6 is 11.3 Å². The Balaban J connectivity index is 1.67. The monoisotopic (exact) mass is 484 g/mol. The van der Waals surface area contributed by atoms with Crippen molar-refractivity contribution in [2.24, 2.45) is 0 Å². The lowest BCUT2D eigenvalue weighted by Crippen LogP contribution is -2.29. The highest BCUT2D eigenvalue weighted by molar-refractivity contribution is 7.17. The Hall–Kier alpha value is -2.92. The van der Waals surface area contributed by atoms with Crippen LogP contribution in [0.5, 0.6) is 0 Å². The lowest BCUT2D eigenvalue weighted by Gasteiger charge is -2.13. The number of amides is 2. The first kappa shape index (κ1) is 24.7. The molecule has 7 nitrogen and oxygen atoms in total. The van der Waals surface area contributed by atoms with Gasteiger partial charge in [0.15, 0.2) is 6.61 Å². The number of aryl methyl sites for hydroxylation is 1. The number of halogens is 3. The van der Waals surface area contributed by atoms with Gasteiger partial charge in [-0.15, -0.1) is 11.3 Å². The average molecular weight is 484 g/mol. The number of ether oxygens (including phenoxy) is 2. The number of nitrogens with one attached hydrogen (secondary N) is 2. The van der Waals surface area contributed by atoms with E-state index in [1.54, 1.807) is 0 Å². The van der Waals surface area contributed by atoms with Gasteiger partial charge in [0.05, 0.1) is 23.3 Å². The standard InChI is InChI=1S/C22H23F3N2O5S/c1-31-10-9-26-19(29)18-15-7-2-3-8-16(15)33-20(18)27-17(28)12-32-21(30)13-5-4-6-14(11-13)22(23,24)25/h4-6,11H,2-3,7-10,12H2,1H3,(H,26,29)(H,27,28). The Labute approximate surface area is 192 Å². The Kier molecular flexibility index (Phi) is 8.09. The van der Waals surface area contributed by atoms with Crippen LogP contribution in [-0.2, 0) is 33.3 Å². The van der Waals surface area contributed by atoms with E-state index in [-0.39, 0.29) is 11.5 Å². The van der Waals surface area contributed by atoms with Gasteiger partial charge in [-0.3, -0.25) is 9.59 Å². The summed E-state index contributed by atoms with van der Waals surface area (Å²) in [5.41, 5.74) is -0.0158. The van der Waals surface area contributed by atoms with Gasteiger partial charge in [0.1, 0.15) is 5.00 Å². The summed E-state index contributed by atoms with van der Waals surface area (Å²) in [6.07, 6.45) is -1.16. The van der Waals surface area contributed by atoms with E-state index < -0.39 is 30.2 Å². The van der Waals surface area contributed by atoms with Crippen molar-refractivity contribution in [3.63, 3.8) is 0 Å². The van der Waals surface area contributed by atoms with Crippen LogP contribution in [0.25, 0.3) is 0 Å². The molecular weight excluding hydrogens is 461 g/mol. The second kappa shape index (κ2) is 10.8. The number of esters is 1. The number of hydrogen-bond acceptors (Lipinski definition) is 6. The van der Waals surface area contributed by atoms with Crippen LogP contribution in [0.2, 0.25) is 0 Å². The highest BCUT2D eigenvalue weighted by Crippen LogP contribution is 2.38. The smallest absolute Gasteiger partial charge is 0.416 e.